The Balaban J connectivity index is 1.56. The zero-order chi connectivity index (χ0) is 15.7. The number of nitrogens with one attached hydrogen (secondary N) is 2. The van der Waals surface area contributed by atoms with E-state index in [0.717, 1.165) is 24.9 Å². The van der Waals surface area contributed by atoms with E-state index in [1.54, 1.807) is 6.92 Å². The van der Waals surface area contributed by atoms with Crippen LogP contribution in [-0.2, 0) is 9.59 Å². The van der Waals surface area contributed by atoms with E-state index in [1.807, 2.05) is 30.3 Å². The molecule has 0 spiro atoms. The maximum atomic E-state index is 12.4. The minimum atomic E-state index is -0.570. The van der Waals surface area contributed by atoms with Gasteiger partial charge < -0.3 is 16.4 Å². The molecule has 2 saturated carbocycles. The van der Waals surface area contributed by atoms with Gasteiger partial charge in [-0.25, -0.2) is 0 Å². The van der Waals surface area contributed by atoms with Crippen molar-refractivity contribution in [1.29, 1.82) is 0 Å². The molecule has 1 aromatic carbocycles. The van der Waals surface area contributed by atoms with Gasteiger partial charge in [0.2, 0.25) is 11.8 Å². The average Bonchev–Trinajstić information content (AvgIpc) is 3.08. The van der Waals surface area contributed by atoms with Gasteiger partial charge in [-0.1, -0.05) is 18.2 Å². The molecule has 1 aromatic rings. The van der Waals surface area contributed by atoms with Crippen molar-refractivity contribution in [3.05, 3.63) is 30.3 Å². The highest BCUT2D eigenvalue weighted by Gasteiger charge is 2.49. The van der Waals surface area contributed by atoms with E-state index in [0.29, 0.717) is 11.8 Å². The van der Waals surface area contributed by atoms with Crippen LogP contribution in [-0.4, -0.2) is 23.9 Å². The van der Waals surface area contributed by atoms with Gasteiger partial charge in [0, 0.05) is 11.7 Å². The van der Waals surface area contributed by atoms with Crippen molar-refractivity contribution >= 4 is 17.5 Å². The summed E-state index contributed by atoms with van der Waals surface area (Å²) in [4.78, 5) is 24.6. The maximum absolute atomic E-state index is 12.4. The largest absolute Gasteiger partial charge is 0.344 e. The highest BCUT2D eigenvalue weighted by molar-refractivity contribution is 5.97. The second-order valence-electron chi connectivity index (χ2n) is 6.52. The number of anilines is 1. The molecular formula is C17H23N3O2. The standard InChI is InChI=1S/C17H23N3O2/c1-10(16(21)20-13-5-3-2-4-6-13)19-17(22)14-11-7-8-12(9-11)15(14)18/h2-6,10-12,14-15H,7-9,18H2,1H3,(H,19,22)(H,20,21). The third-order valence-corrected chi connectivity index (χ3v) is 5.08. The summed E-state index contributed by atoms with van der Waals surface area (Å²) < 4.78 is 0. The van der Waals surface area contributed by atoms with Crippen LogP contribution in [0, 0.1) is 17.8 Å². The van der Waals surface area contributed by atoms with Gasteiger partial charge in [-0.05, 0) is 50.2 Å². The number of benzene rings is 1. The van der Waals surface area contributed by atoms with Crippen LogP contribution in [0.2, 0.25) is 0 Å². The first-order valence-electron chi connectivity index (χ1n) is 7.98. The Labute approximate surface area is 130 Å². The van der Waals surface area contributed by atoms with Gasteiger partial charge in [-0.3, -0.25) is 9.59 Å². The predicted octanol–water partition coefficient (Wildman–Crippen LogP) is 1.50. The Morgan fingerprint density at radius 3 is 2.50 bits per heavy atom. The molecule has 5 unspecified atom stereocenters. The van der Waals surface area contributed by atoms with Crippen LogP contribution in [0.5, 0.6) is 0 Å². The maximum Gasteiger partial charge on any atom is 0.246 e. The molecule has 0 aliphatic heterocycles. The fourth-order valence-corrected chi connectivity index (χ4v) is 3.87. The van der Waals surface area contributed by atoms with Crippen molar-refractivity contribution in [3.8, 4) is 0 Å². The molecule has 3 rings (SSSR count). The molecule has 2 amide bonds. The topological polar surface area (TPSA) is 84.2 Å². The van der Waals surface area contributed by atoms with Crippen LogP contribution in [0.25, 0.3) is 0 Å². The third-order valence-electron chi connectivity index (χ3n) is 5.08. The molecule has 5 atom stereocenters. The smallest absolute Gasteiger partial charge is 0.246 e. The fourth-order valence-electron chi connectivity index (χ4n) is 3.87. The Hall–Kier alpha value is -1.88. The van der Waals surface area contributed by atoms with Crippen LogP contribution in [0.4, 0.5) is 5.69 Å². The first kappa shape index (κ1) is 15.0. The average molecular weight is 301 g/mol. The van der Waals surface area contributed by atoms with Gasteiger partial charge in [0.1, 0.15) is 6.04 Å². The number of rotatable bonds is 4. The van der Waals surface area contributed by atoms with E-state index in [-0.39, 0.29) is 23.8 Å². The van der Waals surface area contributed by atoms with Gasteiger partial charge in [-0.2, -0.15) is 0 Å². The SMILES string of the molecule is CC(NC(=O)C1C2CCC(C2)C1N)C(=O)Nc1ccccc1. The van der Waals surface area contributed by atoms with Crippen molar-refractivity contribution < 1.29 is 9.59 Å². The van der Waals surface area contributed by atoms with E-state index in [9.17, 15) is 9.59 Å². The van der Waals surface area contributed by atoms with E-state index >= 15 is 0 Å². The molecular weight excluding hydrogens is 278 g/mol. The van der Waals surface area contributed by atoms with E-state index in [4.69, 9.17) is 5.73 Å². The van der Waals surface area contributed by atoms with Crippen molar-refractivity contribution in [3.63, 3.8) is 0 Å². The number of carbonyl (C=O) groups excluding carboxylic acids is 2. The van der Waals surface area contributed by atoms with Crippen LogP contribution >= 0.6 is 0 Å². The number of fused-ring (bicyclic) bond motifs is 2. The highest BCUT2D eigenvalue weighted by atomic mass is 16.2. The molecule has 0 radical (unpaired) electrons. The quantitative estimate of drug-likeness (QED) is 0.788. The molecule has 2 aliphatic rings. The van der Waals surface area contributed by atoms with Crippen molar-refractivity contribution in [2.45, 2.75) is 38.3 Å². The molecule has 118 valence electrons. The summed E-state index contributed by atoms with van der Waals surface area (Å²) in [5.74, 6) is 0.455. The second kappa shape index (κ2) is 6.08. The summed E-state index contributed by atoms with van der Waals surface area (Å²) in [7, 11) is 0. The van der Waals surface area contributed by atoms with Crippen molar-refractivity contribution in [1.82, 2.24) is 5.32 Å². The van der Waals surface area contributed by atoms with E-state index < -0.39 is 6.04 Å². The zero-order valence-electron chi connectivity index (χ0n) is 12.8. The monoisotopic (exact) mass is 301 g/mol. The number of hydrogen-bond acceptors (Lipinski definition) is 3. The lowest BCUT2D eigenvalue weighted by Crippen LogP contribution is -2.50. The summed E-state index contributed by atoms with van der Waals surface area (Å²) in [6, 6.07) is 8.61. The van der Waals surface area contributed by atoms with E-state index in [1.165, 1.54) is 0 Å². The molecule has 0 heterocycles. The summed E-state index contributed by atoms with van der Waals surface area (Å²) in [5.41, 5.74) is 6.91. The number of amides is 2. The third kappa shape index (κ3) is 2.86. The van der Waals surface area contributed by atoms with Crippen molar-refractivity contribution in [2.75, 3.05) is 5.32 Å². The van der Waals surface area contributed by atoms with Crippen LogP contribution in [0.15, 0.2) is 30.3 Å². The van der Waals surface area contributed by atoms with Crippen molar-refractivity contribution in [2.24, 2.45) is 23.5 Å². The number of carbonyl (C=O) groups is 2. The number of nitrogens with two attached hydrogens (primary N) is 1. The molecule has 22 heavy (non-hydrogen) atoms. The highest BCUT2D eigenvalue weighted by Crippen LogP contribution is 2.47. The Morgan fingerprint density at radius 2 is 1.86 bits per heavy atom. The minimum Gasteiger partial charge on any atom is -0.344 e. The first-order valence-corrected chi connectivity index (χ1v) is 7.98. The summed E-state index contributed by atoms with van der Waals surface area (Å²) in [6.07, 6.45) is 3.28. The van der Waals surface area contributed by atoms with Crippen LogP contribution < -0.4 is 16.4 Å². The molecule has 5 nitrogen and oxygen atoms in total. The molecule has 4 N–H and O–H groups in total. The predicted molar refractivity (Wildman–Crippen MR) is 85.0 cm³/mol. The van der Waals surface area contributed by atoms with Crippen LogP contribution in [0.3, 0.4) is 0 Å². The minimum absolute atomic E-state index is 0.0527. The fraction of sp³-hybridized carbons (Fsp3) is 0.529. The first-order chi connectivity index (χ1) is 10.6. The Kier molecular flexibility index (Phi) is 4.16. The molecule has 0 saturated heterocycles. The molecule has 2 fully saturated rings. The molecule has 5 heteroatoms. The number of hydrogen-bond donors (Lipinski definition) is 3. The Morgan fingerprint density at radius 1 is 1.18 bits per heavy atom. The zero-order valence-corrected chi connectivity index (χ0v) is 12.8. The van der Waals surface area contributed by atoms with Gasteiger partial charge >= 0.3 is 0 Å². The van der Waals surface area contributed by atoms with Gasteiger partial charge in [-0.15, -0.1) is 0 Å². The molecule has 2 aliphatic carbocycles. The molecule has 0 aromatic heterocycles. The number of para-hydroxylation sites is 1. The lowest BCUT2D eigenvalue weighted by atomic mass is 9.84. The lowest BCUT2D eigenvalue weighted by Gasteiger charge is -2.28. The van der Waals surface area contributed by atoms with Gasteiger partial charge in [0.15, 0.2) is 0 Å². The summed E-state index contributed by atoms with van der Waals surface area (Å²) >= 11 is 0. The van der Waals surface area contributed by atoms with Gasteiger partial charge in [0.25, 0.3) is 0 Å². The normalized spacial score (nSPS) is 30.8. The van der Waals surface area contributed by atoms with Crippen LogP contribution in [0.1, 0.15) is 26.2 Å². The second-order valence-corrected chi connectivity index (χ2v) is 6.52. The molecule has 2 bridgehead atoms. The van der Waals surface area contributed by atoms with E-state index in [2.05, 4.69) is 10.6 Å². The Bertz CT molecular complexity index is 558. The lowest BCUT2D eigenvalue weighted by molar-refractivity contribution is -0.130. The summed E-state index contributed by atoms with van der Waals surface area (Å²) in [5, 5.41) is 5.62. The van der Waals surface area contributed by atoms with Gasteiger partial charge in [0.05, 0.1) is 5.92 Å². The summed E-state index contributed by atoms with van der Waals surface area (Å²) in [6.45, 7) is 1.70.